The normalized spacial score (nSPS) is 15.4. The van der Waals surface area contributed by atoms with Crippen molar-refractivity contribution in [2.75, 3.05) is 18.0 Å². The van der Waals surface area contributed by atoms with Gasteiger partial charge in [-0.25, -0.2) is 4.79 Å². The van der Waals surface area contributed by atoms with Crippen molar-refractivity contribution in [3.63, 3.8) is 0 Å². The fourth-order valence-electron chi connectivity index (χ4n) is 2.19. The first-order chi connectivity index (χ1) is 8.22. The standard InChI is InChI=1S/C13H14N2O2/c14-9-10-4-5-12(11(8-10)13(16)17)15-6-2-1-3-7-15/h4-5,8H,1-3,6-7H2,(H,16,17). The van der Waals surface area contributed by atoms with E-state index in [4.69, 9.17) is 5.26 Å². The Morgan fingerprint density at radius 3 is 2.59 bits per heavy atom. The highest BCUT2D eigenvalue weighted by molar-refractivity contribution is 5.95. The van der Waals surface area contributed by atoms with Gasteiger partial charge in [0.05, 0.1) is 22.9 Å². The van der Waals surface area contributed by atoms with E-state index in [1.54, 1.807) is 12.1 Å². The fourth-order valence-corrected chi connectivity index (χ4v) is 2.19. The first-order valence-electron chi connectivity index (χ1n) is 5.75. The van der Waals surface area contributed by atoms with Crippen LogP contribution in [0.1, 0.15) is 35.2 Å². The zero-order valence-electron chi connectivity index (χ0n) is 9.52. The van der Waals surface area contributed by atoms with E-state index in [-0.39, 0.29) is 5.56 Å². The third-order valence-corrected chi connectivity index (χ3v) is 3.05. The van der Waals surface area contributed by atoms with Crippen LogP contribution in [0.3, 0.4) is 0 Å². The Morgan fingerprint density at radius 2 is 2.00 bits per heavy atom. The second-order valence-electron chi connectivity index (χ2n) is 4.20. The Kier molecular flexibility index (Phi) is 3.29. The number of anilines is 1. The summed E-state index contributed by atoms with van der Waals surface area (Å²) in [5.41, 5.74) is 1.35. The van der Waals surface area contributed by atoms with E-state index in [9.17, 15) is 9.90 Å². The summed E-state index contributed by atoms with van der Waals surface area (Å²) in [6.45, 7) is 1.79. The van der Waals surface area contributed by atoms with Gasteiger partial charge in [0.25, 0.3) is 0 Å². The number of benzene rings is 1. The molecule has 1 aromatic rings. The van der Waals surface area contributed by atoms with Gasteiger partial charge in [-0.2, -0.15) is 5.26 Å². The van der Waals surface area contributed by atoms with Crippen LogP contribution in [0, 0.1) is 11.3 Å². The Bertz CT molecular complexity index is 471. The molecule has 0 spiro atoms. The fraction of sp³-hybridized carbons (Fsp3) is 0.385. The molecule has 2 rings (SSSR count). The molecule has 0 aromatic heterocycles. The lowest BCUT2D eigenvalue weighted by Gasteiger charge is -2.29. The summed E-state index contributed by atoms with van der Waals surface area (Å²) < 4.78 is 0. The molecular formula is C13H14N2O2. The largest absolute Gasteiger partial charge is 0.478 e. The van der Waals surface area contributed by atoms with Crippen molar-refractivity contribution >= 4 is 11.7 Å². The summed E-state index contributed by atoms with van der Waals surface area (Å²) in [7, 11) is 0. The highest BCUT2D eigenvalue weighted by atomic mass is 16.4. The maximum atomic E-state index is 11.2. The summed E-state index contributed by atoms with van der Waals surface area (Å²) >= 11 is 0. The van der Waals surface area contributed by atoms with Crippen molar-refractivity contribution in [1.82, 2.24) is 0 Å². The molecule has 0 bridgehead atoms. The molecule has 0 atom stereocenters. The zero-order chi connectivity index (χ0) is 12.3. The van der Waals surface area contributed by atoms with Crippen LogP contribution in [0.25, 0.3) is 0 Å². The van der Waals surface area contributed by atoms with Crippen LogP contribution >= 0.6 is 0 Å². The van der Waals surface area contributed by atoms with Gasteiger partial charge in [-0.15, -0.1) is 0 Å². The van der Waals surface area contributed by atoms with Crippen LogP contribution in [0.5, 0.6) is 0 Å². The highest BCUT2D eigenvalue weighted by Crippen LogP contribution is 2.25. The molecule has 0 radical (unpaired) electrons. The van der Waals surface area contributed by atoms with Crippen molar-refractivity contribution in [3.8, 4) is 6.07 Å². The van der Waals surface area contributed by atoms with Gasteiger partial charge >= 0.3 is 5.97 Å². The number of rotatable bonds is 2. The minimum absolute atomic E-state index is 0.228. The van der Waals surface area contributed by atoms with E-state index >= 15 is 0 Å². The third-order valence-electron chi connectivity index (χ3n) is 3.05. The SMILES string of the molecule is N#Cc1ccc(N2CCCCC2)c(C(=O)O)c1. The summed E-state index contributed by atoms with van der Waals surface area (Å²) in [6, 6.07) is 6.84. The Morgan fingerprint density at radius 1 is 1.29 bits per heavy atom. The zero-order valence-corrected chi connectivity index (χ0v) is 9.52. The number of nitriles is 1. The number of hydrogen-bond donors (Lipinski definition) is 1. The summed E-state index contributed by atoms with van der Waals surface area (Å²) in [5, 5.41) is 18.0. The maximum absolute atomic E-state index is 11.2. The second-order valence-corrected chi connectivity index (χ2v) is 4.20. The lowest BCUT2D eigenvalue weighted by atomic mass is 10.0. The molecule has 1 fully saturated rings. The van der Waals surface area contributed by atoms with E-state index < -0.39 is 5.97 Å². The number of aromatic carboxylic acids is 1. The van der Waals surface area contributed by atoms with E-state index in [1.165, 1.54) is 12.5 Å². The predicted octanol–water partition coefficient (Wildman–Crippen LogP) is 2.25. The predicted molar refractivity (Wildman–Crippen MR) is 64.2 cm³/mol. The molecular weight excluding hydrogens is 216 g/mol. The van der Waals surface area contributed by atoms with Crippen molar-refractivity contribution in [2.45, 2.75) is 19.3 Å². The number of piperidine rings is 1. The Balaban J connectivity index is 2.38. The van der Waals surface area contributed by atoms with Crippen LogP contribution in [0.2, 0.25) is 0 Å². The third kappa shape index (κ3) is 2.39. The molecule has 0 aliphatic carbocycles. The number of carbonyl (C=O) groups is 1. The molecule has 88 valence electrons. The smallest absolute Gasteiger partial charge is 0.337 e. The molecule has 0 saturated carbocycles. The van der Waals surface area contributed by atoms with Crippen molar-refractivity contribution in [3.05, 3.63) is 29.3 Å². The molecule has 1 N–H and O–H groups in total. The van der Waals surface area contributed by atoms with Gasteiger partial charge in [0, 0.05) is 13.1 Å². The number of nitrogens with zero attached hydrogens (tertiary/aromatic N) is 2. The van der Waals surface area contributed by atoms with Gasteiger partial charge < -0.3 is 10.0 Å². The molecule has 1 heterocycles. The molecule has 1 aliphatic rings. The Labute approximate surface area is 100 Å². The molecule has 1 saturated heterocycles. The lowest BCUT2D eigenvalue weighted by Crippen LogP contribution is -2.30. The van der Waals surface area contributed by atoms with Crippen LogP contribution < -0.4 is 4.90 Å². The van der Waals surface area contributed by atoms with Crippen LogP contribution in [-0.2, 0) is 0 Å². The van der Waals surface area contributed by atoms with Crippen LogP contribution in [0.15, 0.2) is 18.2 Å². The second kappa shape index (κ2) is 4.88. The van der Waals surface area contributed by atoms with E-state index in [2.05, 4.69) is 4.90 Å². The number of carboxylic acids is 1. The summed E-state index contributed by atoms with van der Waals surface area (Å²) in [6.07, 6.45) is 3.40. The van der Waals surface area contributed by atoms with Crippen molar-refractivity contribution in [2.24, 2.45) is 0 Å². The van der Waals surface area contributed by atoms with Gasteiger partial charge in [-0.1, -0.05) is 0 Å². The van der Waals surface area contributed by atoms with Gasteiger partial charge in [-0.05, 0) is 37.5 Å². The minimum atomic E-state index is -0.970. The minimum Gasteiger partial charge on any atom is -0.478 e. The molecule has 4 heteroatoms. The topological polar surface area (TPSA) is 64.3 Å². The van der Waals surface area contributed by atoms with Gasteiger partial charge in [-0.3, -0.25) is 0 Å². The maximum Gasteiger partial charge on any atom is 0.337 e. The average molecular weight is 230 g/mol. The Hall–Kier alpha value is -2.02. The summed E-state index contributed by atoms with van der Waals surface area (Å²) in [5.74, 6) is -0.970. The molecule has 17 heavy (non-hydrogen) atoms. The first kappa shape index (κ1) is 11.5. The molecule has 0 unspecified atom stereocenters. The lowest BCUT2D eigenvalue weighted by molar-refractivity contribution is 0.0697. The van der Waals surface area contributed by atoms with Crippen LogP contribution in [0.4, 0.5) is 5.69 Å². The van der Waals surface area contributed by atoms with E-state index in [0.29, 0.717) is 5.56 Å². The number of hydrogen-bond acceptors (Lipinski definition) is 3. The van der Waals surface area contributed by atoms with E-state index in [1.807, 2.05) is 6.07 Å². The van der Waals surface area contributed by atoms with Crippen molar-refractivity contribution < 1.29 is 9.90 Å². The van der Waals surface area contributed by atoms with Gasteiger partial charge in [0.2, 0.25) is 0 Å². The number of carboxylic acid groups (broad SMARTS) is 1. The van der Waals surface area contributed by atoms with Crippen LogP contribution in [-0.4, -0.2) is 24.2 Å². The highest BCUT2D eigenvalue weighted by Gasteiger charge is 2.18. The summed E-state index contributed by atoms with van der Waals surface area (Å²) in [4.78, 5) is 13.3. The van der Waals surface area contributed by atoms with E-state index in [0.717, 1.165) is 31.6 Å². The first-order valence-corrected chi connectivity index (χ1v) is 5.75. The molecule has 1 aliphatic heterocycles. The molecule has 0 amide bonds. The quantitative estimate of drug-likeness (QED) is 0.846. The van der Waals surface area contributed by atoms with Crippen molar-refractivity contribution in [1.29, 1.82) is 5.26 Å². The van der Waals surface area contributed by atoms with Gasteiger partial charge in [0.1, 0.15) is 0 Å². The monoisotopic (exact) mass is 230 g/mol. The average Bonchev–Trinajstić information content (AvgIpc) is 2.39. The molecule has 4 nitrogen and oxygen atoms in total. The van der Waals surface area contributed by atoms with Gasteiger partial charge in [0.15, 0.2) is 0 Å². The molecule has 1 aromatic carbocycles.